The summed E-state index contributed by atoms with van der Waals surface area (Å²) in [5.41, 5.74) is 2.87. The Morgan fingerprint density at radius 2 is 1.41 bits per heavy atom. The van der Waals surface area contributed by atoms with Crippen LogP contribution in [0.1, 0.15) is 43.9 Å². The SMILES string of the molecule is CC[C@H](C(=O)NC(C)C)N(Cc1ccc(C)cc1)C(=O)CN(c1ccc(F)cc1)S(=O)(=O)c1ccc(C)cc1. The molecule has 39 heavy (non-hydrogen) atoms. The topological polar surface area (TPSA) is 86.8 Å². The van der Waals surface area contributed by atoms with E-state index in [0.717, 1.165) is 33.1 Å². The van der Waals surface area contributed by atoms with E-state index < -0.39 is 34.3 Å². The van der Waals surface area contributed by atoms with Crippen LogP contribution in [-0.4, -0.2) is 43.8 Å². The largest absolute Gasteiger partial charge is 0.352 e. The molecule has 0 aromatic heterocycles. The lowest BCUT2D eigenvalue weighted by molar-refractivity contribution is -0.140. The summed E-state index contributed by atoms with van der Waals surface area (Å²) in [7, 11) is -4.20. The van der Waals surface area contributed by atoms with Crippen molar-refractivity contribution in [3.8, 4) is 0 Å². The second kappa shape index (κ2) is 12.9. The van der Waals surface area contributed by atoms with Gasteiger partial charge in [0.15, 0.2) is 0 Å². The fourth-order valence-electron chi connectivity index (χ4n) is 4.16. The molecule has 208 valence electrons. The third kappa shape index (κ3) is 7.66. The molecule has 3 rings (SSSR count). The van der Waals surface area contributed by atoms with Crippen LogP contribution in [-0.2, 0) is 26.2 Å². The van der Waals surface area contributed by atoms with Crippen molar-refractivity contribution in [2.75, 3.05) is 10.8 Å². The molecule has 3 aromatic rings. The van der Waals surface area contributed by atoms with Crippen molar-refractivity contribution < 1.29 is 22.4 Å². The number of carbonyl (C=O) groups is 2. The Kier molecular flexibility index (Phi) is 9.86. The maximum absolute atomic E-state index is 14.0. The molecule has 0 bridgehead atoms. The van der Waals surface area contributed by atoms with E-state index in [4.69, 9.17) is 0 Å². The first-order valence-corrected chi connectivity index (χ1v) is 14.4. The van der Waals surface area contributed by atoms with E-state index in [-0.39, 0.29) is 29.1 Å². The first-order valence-electron chi connectivity index (χ1n) is 12.9. The van der Waals surface area contributed by atoms with Crippen molar-refractivity contribution in [2.24, 2.45) is 0 Å². The molecule has 0 saturated heterocycles. The maximum Gasteiger partial charge on any atom is 0.264 e. The molecular formula is C30H36FN3O4S. The van der Waals surface area contributed by atoms with Gasteiger partial charge >= 0.3 is 0 Å². The van der Waals surface area contributed by atoms with Gasteiger partial charge in [0.1, 0.15) is 18.4 Å². The van der Waals surface area contributed by atoms with Crippen LogP contribution in [0, 0.1) is 19.7 Å². The Hall–Kier alpha value is -3.72. The third-order valence-corrected chi connectivity index (χ3v) is 8.08. The molecule has 0 aliphatic heterocycles. The Morgan fingerprint density at radius 1 is 0.872 bits per heavy atom. The van der Waals surface area contributed by atoms with Crippen LogP contribution >= 0.6 is 0 Å². The number of nitrogens with zero attached hydrogens (tertiary/aromatic N) is 2. The van der Waals surface area contributed by atoms with Gasteiger partial charge in [0.05, 0.1) is 10.6 Å². The molecular weight excluding hydrogens is 517 g/mol. The number of anilines is 1. The number of benzene rings is 3. The average Bonchev–Trinajstić information content (AvgIpc) is 2.88. The summed E-state index contributed by atoms with van der Waals surface area (Å²) in [4.78, 5) is 28.5. The molecule has 0 fully saturated rings. The van der Waals surface area contributed by atoms with Crippen LogP contribution in [0.15, 0.2) is 77.7 Å². The van der Waals surface area contributed by atoms with Gasteiger partial charge in [-0.2, -0.15) is 0 Å². The van der Waals surface area contributed by atoms with Gasteiger partial charge in [-0.3, -0.25) is 13.9 Å². The van der Waals surface area contributed by atoms with Gasteiger partial charge in [-0.05, 0) is 76.1 Å². The Bertz CT molecular complexity index is 1370. The number of nitrogens with one attached hydrogen (secondary N) is 1. The van der Waals surface area contributed by atoms with Gasteiger partial charge < -0.3 is 10.2 Å². The number of carbonyl (C=O) groups excluding carboxylic acids is 2. The highest BCUT2D eigenvalue weighted by Crippen LogP contribution is 2.25. The van der Waals surface area contributed by atoms with Crippen molar-refractivity contribution in [1.29, 1.82) is 0 Å². The number of halogens is 1. The normalized spacial score (nSPS) is 12.2. The predicted molar refractivity (Wildman–Crippen MR) is 151 cm³/mol. The first kappa shape index (κ1) is 29.8. The standard InChI is InChI=1S/C30H36FN3O4S/c1-6-28(30(36)32-21(2)3)33(19-24-11-7-22(4)8-12-24)29(35)20-34(26-15-13-25(31)14-16-26)39(37,38)27-17-9-23(5)10-18-27/h7-18,21,28H,6,19-20H2,1-5H3,(H,32,36)/t28-/m1/s1. The van der Waals surface area contributed by atoms with E-state index in [9.17, 15) is 22.4 Å². The van der Waals surface area contributed by atoms with Crippen molar-refractivity contribution in [1.82, 2.24) is 10.2 Å². The number of aryl methyl sites for hydroxylation is 2. The summed E-state index contributed by atoms with van der Waals surface area (Å²) < 4.78 is 42.3. The fraction of sp³-hybridized carbons (Fsp3) is 0.333. The summed E-state index contributed by atoms with van der Waals surface area (Å²) in [6, 6.07) is 17.9. The molecule has 3 aromatic carbocycles. The van der Waals surface area contributed by atoms with Crippen LogP contribution in [0.3, 0.4) is 0 Å². The van der Waals surface area contributed by atoms with Gasteiger partial charge in [0.2, 0.25) is 11.8 Å². The first-order chi connectivity index (χ1) is 18.4. The number of hydrogen-bond donors (Lipinski definition) is 1. The lowest BCUT2D eigenvalue weighted by atomic mass is 10.1. The van der Waals surface area contributed by atoms with E-state index in [1.54, 1.807) is 19.1 Å². The lowest BCUT2D eigenvalue weighted by Crippen LogP contribution is -2.53. The second-order valence-electron chi connectivity index (χ2n) is 9.90. The van der Waals surface area contributed by atoms with Crippen molar-refractivity contribution in [2.45, 2.75) is 64.6 Å². The summed E-state index contributed by atoms with van der Waals surface area (Å²) in [6.45, 7) is 8.81. The van der Waals surface area contributed by atoms with Gasteiger partial charge in [-0.15, -0.1) is 0 Å². The van der Waals surface area contributed by atoms with Gasteiger partial charge in [-0.1, -0.05) is 54.4 Å². The zero-order valence-electron chi connectivity index (χ0n) is 23.0. The minimum atomic E-state index is -4.20. The fourth-order valence-corrected chi connectivity index (χ4v) is 5.58. The molecule has 0 aliphatic carbocycles. The summed E-state index contributed by atoms with van der Waals surface area (Å²) in [5, 5.41) is 2.87. The minimum absolute atomic E-state index is 0.0000908. The van der Waals surface area contributed by atoms with Crippen LogP contribution < -0.4 is 9.62 Å². The molecule has 0 unspecified atom stereocenters. The Balaban J connectivity index is 2.05. The molecule has 0 aliphatic rings. The third-order valence-electron chi connectivity index (χ3n) is 6.29. The van der Waals surface area contributed by atoms with E-state index in [0.29, 0.717) is 6.42 Å². The van der Waals surface area contributed by atoms with Crippen molar-refractivity contribution >= 4 is 27.5 Å². The van der Waals surface area contributed by atoms with Gasteiger partial charge in [0.25, 0.3) is 10.0 Å². The summed E-state index contributed by atoms with van der Waals surface area (Å²) in [5.74, 6) is -1.40. The van der Waals surface area contributed by atoms with E-state index in [1.807, 2.05) is 52.0 Å². The Morgan fingerprint density at radius 3 is 1.92 bits per heavy atom. The number of rotatable bonds is 11. The highest BCUT2D eigenvalue weighted by Gasteiger charge is 2.33. The predicted octanol–water partition coefficient (Wildman–Crippen LogP) is 4.97. The molecule has 1 N–H and O–H groups in total. The lowest BCUT2D eigenvalue weighted by Gasteiger charge is -2.33. The van der Waals surface area contributed by atoms with Gasteiger partial charge in [0, 0.05) is 12.6 Å². The number of amides is 2. The van der Waals surface area contributed by atoms with Crippen LogP contribution in [0.4, 0.5) is 10.1 Å². The quantitative estimate of drug-likeness (QED) is 0.363. The molecule has 0 spiro atoms. The van der Waals surface area contributed by atoms with Crippen LogP contribution in [0.2, 0.25) is 0 Å². The molecule has 1 atom stereocenters. The second-order valence-corrected chi connectivity index (χ2v) is 11.8. The van der Waals surface area contributed by atoms with E-state index in [2.05, 4.69) is 5.32 Å². The summed E-state index contributed by atoms with van der Waals surface area (Å²) >= 11 is 0. The molecule has 2 amide bonds. The van der Waals surface area contributed by atoms with Crippen molar-refractivity contribution in [3.63, 3.8) is 0 Å². The monoisotopic (exact) mass is 553 g/mol. The average molecular weight is 554 g/mol. The molecule has 0 saturated carbocycles. The highest BCUT2D eigenvalue weighted by atomic mass is 32.2. The number of sulfonamides is 1. The maximum atomic E-state index is 14.0. The smallest absolute Gasteiger partial charge is 0.264 e. The zero-order valence-corrected chi connectivity index (χ0v) is 23.8. The summed E-state index contributed by atoms with van der Waals surface area (Å²) in [6.07, 6.45) is 0.331. The van der Waals surface area contributed by atoms with Crippen molar-refractivity contribution in [3.05, 3.63) is 95.3 Å². The zero-order chi connectivity index (χ0) is 28.7. The highest BCUT2D eigenvalue weighted by molar-refractivity contribution is 7.92. The van der Waals surface area contributed by atoms with E-state index >= 15 is 0 Å². The van der Waals surface area contributed by atoms with E-state index in [1.165, 1.54) is 29.2 Å². The Labute approximate surface area is 230 Å². The minimum Gasteiger partial charge on any atom is -0.352 e. The van der Waals surface area contributed by atoms with Gasteiger partial charge in [-0.25, -0.2) is 12.8 Å². The molecule has 0 radical (unpaired) electrons. The molecule has 0 heterocycles. The molecule has 7 nitrogen and oxygen atoms in total. The number of hydrogen-bond acceptors (Lipinski definition) is 4. The molecule has 9 heteroatoms. The van der Waals surface area contributed by atoms with Crippen LogP contribution in [0.5, 0.6) is 0 Å². The van der Waals surface area contributed by atoms with Crippen LogP contribution in [0.25, 0.3) is 0 Å².